The van der Waals surface area contributed by atoms with Gasteiger partial charge >= 0.3 is 0 Å². The number of hydrogen-bond acceptors (Lipinski definition) is 6. The Morgan fingerprint density at radius 2 is 2.00 bits per heavy atom. The number of ether oxygens (including phenoxy) is 1. The van der Waals surface area contributed by atoms with E-state index in [1.54, 1.807) is 29.1 Å². The van der Waals surface area contributed by atoms with E-state index in [0.717, 1.165) is 23.0 Å². The number of nitrogen functional groups attached to an aromatic ring is 1. The van der Waals surface area contributed by atoms with Gasteiger partial charge in [0, 0.05) is 42.5 Å². The van der Waals surface area contributed by atoms with Gasteiger partial charge in [-0.3, -0.25) is 0 Å². The van der Waals surface area contributed by atoms with Gasteiger partial charge in [0.25, 0.3) is 0 Å². The van der Waals surface area contributed by atoms with Gasteiger partial charge in [-0.1, -0.05) is 17.7 Å². The first-order valence-corrected chi connectivity index (χ1v) is 11.0. The largest absolute Gasteiger partial charge is 0.494 e. The lowest BCUT2D eigenvalue weighted by molar-refractivity contribution is 0.413. The number of hydrogen-bond donors (Lipinski definition) is 1. The first-order valence-electron chi connectivity index (χ1n) is 10.6. The Morgan fingerprint density at radius 1 is 1.18 bits per heavy atom. The van der Waals surface area contributed by atoms with Crippen LogP contribution in [0.15, 0.2) is 48.9 Å². The van der Waals surface area contributed by atoms with E-state index in [9.17, 15) is 8.78 Å². The van der Waals surface area contributed by atoms with Gasteiger partial charge in [0.05, 0.1) is 18.5 Å². The maximum Gasteiger partial charge on any atom is 0.231 e. The molecule has 7 nitrogen and oxygen atoms in total. The molecule has 2 N–H and O–H groups in total. The zero-order valence-electron chi connectivity index (χ0n) is 18.5. The smallest absolute Gasteiger partial charge is 0.231 e. The van der Waals surface area contributed by atoms with Crippen molar-refractivity contribution in [3.05, 3.63) is 82.5 Å². The van der Waals surface area contributed by atoms with Crippen LogP contribution in [0, 0.1) is 11.6 Å². The number of imidazole rings is 1. The number of aromatic nitrogens is 4. The van der Waals surface area contributed by atoms with Gasteiger partial charge in [-0.2, -0.15) is 4.98 Å². The van der Waals surface area contributed by atoms with Crippen molar-refractivity contribution in [1.29, 1.82) is 0 Å². The molecule has 0 bridgehead atoms. The molecule has 1 atom stereocenters. The quantitative estimate of drug-likeness (QED) is 0.429. The van der Waals surface area contributed by atoms with E-state index in [2.05, 4.69) is 9.97 Å². The summed E-state index contributed by atoms with van der Waals surface area (Å²) in [5.74, 6) is -0.211. The number of nitrogens with zero attached hydrogens (tertiary/aromatic N) is 5. The monoisotopic (exact) mass is 482 g/mol. The molecular formula is C24H21ClF2N6O. The van der Waals surface area contributed by atoms with Crippen LogP contribution in [0.2, 0.25) is 5.15 Å². The van der Waals surface area contributed by atoms with Crippen LogP contribution < -0.4 is 15.4 Å². The number of benzene rings is 2. The third-order valence-electron chi connectivity index (χ3n) is 6.09. The van der Waals surface area contributed by atoms with E-state index in [4.69, 9.17) is 27.1 Å². The Morgan fingerprint density at radius 3 is 2.71 bits per heavy atom. The van der Waals surface area contributed by atoms with E-state index in [0.29, 0.717) is 46.8 Å². The summed E-state index contributed by atoms with van der Waals surface area (Å²) in [6.45, 7) is 0. The zero-order chi connectivity index (χ0) is 24.0. The molecule has 0 fully saturated rings. The lowest BCUT2D eigenvalue weighted by atomic mass is 9.96. The lowest BCUT2D eigenvalue weighted by Crippen LogP contribution is -2.17. The van der Waals surface area contributed by atoms with Gasteiger partial charge in [0.2, 0.25) is 5.95 Å². The summed E-state index contributed by atoms with van der Waals surface area (Å²) in [5, 5.41) is 0.373. The minimum absolute atomic E-state index is 0.323. The van der Waals surface area contributed by atoms with Crippen molar-refractivity contribution in [2.75, 3.05) is 24.8 Å². The van der Waals surface area contributed by atoms with Crippen LogP contribution in [0.3, 0.4) is 0 Å². The van der Waals surface area contributed by atoms with E-state index >= 15 is 0 Å². The standard InChI is InChI=1S/C24H21ClF2N6O/c1-32(14-4-8-19(20(10-14)34-2)33-11-21(25)29-12-33)24-30-22-16(6-7-17(22)23(28)31-24)15-5-3-13(26)9-18(15)27/h3-5,8-12,16H,6-7H2,1-2H3,(H2,28,30,31). The van der Waals surface area contributed by atoms with E-state index in [-0.39, 0.29) is 5.92 Å². The van der Waals surface area contributed by atoms with Crippen LogP contribution >= 0.6 is 11.6 Å². The molecule has 0 aliphatic heterocycles. The van der Waals surface area contributed by atoms with Crippen molar-refractivity contribution in [1.82, 2.24) is 19.5 Å². The fourth-order valence-electron chi connectivity index (χ4n) is 4.35. The van der Waals surface area contributed by atoms with Crippen LogP contribution in [0.5, 0.6) is 5.75 Å². The van der Waals surface area contributed by atoms with Crippen LogP contribution in [-0.2, 0) is 6.42 Å². The minimum Gasteiger partial charge on any atom is -0.494 e. The van der Waals surface area contributed by atoms with Gasteiger partial charge in [-0.15, -0.1) is 0 Å². The first kappa shape index (κ1) is 22.1. The molecule has 34 heavy (non-hydrogen) atoms. The van der Waals surface area contributed by atoms with Crippen LogP contribution in [0.4, 0.5) is 26.2 Å². The van der Waals surface area contributed by atoms with Gasteiger partial charge < -0.3 is 19.9 Å². The third kappa shape index (κ3) is 3.81. The molecule has 4 aromatic rings. The highest BCUT2D eigenvalue weighted by molar-refractivity contribution is 6.29. The van der Waals surface area contributed by atoms with E-state index < -0.39 is 11.6 Å². The molecule has 5 rings (SSSR count). The number of nitrogens with two attached hydrogens (primary N) is 1. The minimum atomic E-state index is -0.613. The summed E-state index contributed by atoms with van der Waals surface area (Å²) in [5.41, 5.74) is 9.66. The zero-order valence-corrected chi connectivity index (χ0v) is 19.2. The molecule has 0 saturated heterocycles. The number of halogens is 3. The fraction of sp³-hybridized carbons (Fsp3) is 0.208. The van der Waals surface area contributed by atoms with E-state index in [1.165, 1.54) is 12.1 Å². The van der Waals surface area contributed by atoms with Crippen molar-refractivity contribution < 1.29 is 13.5 Å². The van der Waals surface area contributed by atoms with Gasteiger partial charge in [0.15, 0.2) is 0 Å². The molecule has 2 aromatic heterocycles. The Bertz CT molecular complexity index is 1390. The third-order valence-corrected chi connectivity index (χ3v) is 6.29. The number of fused-ring (bicyclic) bond motifs is 1. The SMILES string of the molecule is COc1cc(N(C)c2nc(N)c3c(n2)C(c2ccc(F)cc2F)CC3)ccc1-n1cnc(Cl)c1. The molecule has 0 saturated carbocycles. The normalized spacial score (nSPS) is 14.8. The predicted molar refractivity (Wildman–Crippen MR) is 126 cm³/mol. The fourth-order valence-corrected chi connectivity index (χ4v) is 4.50. The molecule has 1 unspecified atom stereocenters. The highest BCUT2D eigenvalue weighted by Crippen LogP contribution is 2.41. The number of methoxy groups -OCH3 is 1. The van der Waals surface area contributed by atoms with Gasteiger partial charge in [0.1, 0.15) is 34.7 Å². The summed E-state index contributed by atoms with van der Waals surface area (Å²) in [6, 6.07) is 9.22. The summed E-state index contributed by atoms with van der Waals surface area (Å²) < 4.78 is 35.3. The predicted octanol–water partition coefficient (Wildman–Crippen LogP) is 5.03. The topological polar surface area (TPSA) is 82.1 Å². The van der Waals surface area contributed by atoms with Gasteiger partial charge in [-0.05, 0) is 36.6 Å². The maximum atomic E-state index is 14.5. The molecule has 2 heterocycles. The lowest BCUT2D eigenvalue weighted by Gasteiger charge is -2.21. The van der Waals surface area contributed by atoms with Crippen molar-refractivity contribution in [3.63, 3.8) is 0 Å². The number of rotatable bonds is 5. The molecule has 10 heteroatoms. The molecule has 0 radical (unpaired) electrons. The molecule has 2 aromatic carbocycles. The molecule has 1 aliphatic rings. The average Bonchev–Trinajstić information content (AvgIpc) is 3.45. The van der Waals surface area contributed by atoms with Gasteiger partial charge in [-0.25, -0.2) is 18.7 Å². The summed E-state index contributed by atoms with van der Waals surface area (Å²) in [6.07, 6.45) is 4.53. The van der Waals surface area contributed by atoms with Crippen LogP contribution in [0.1, 0.15) is 29.2 Å². The number of anilines is 3. The van der Waals surface area contributed by atoms with Crippen molar-refractivity contribution >= 4 is 29.1 Å². The van der Waals surface area contributed by atoms with Crippen molar-refractivity contribution in [3.8, 4) is 11.4 Å². The molecular weight excluding hydrogens is 462 g/mol. The molecule has 174 valence electrons. The van der Waals surface area contributed by atoms with Crippen LogP contribution in [0.25, 0.3) is 5.69 Å². The highest BCUT2D eigenvalue weighted by atomic mass is 35.5. The Balaban J connectivity index is 1.52. The molecule has 0 spiro atoms. The first-order chi connectivity index (χ1) is 16.4. The Kier molecular flexibility index (Phi) is 5.57. The highest BCUT2D eigenvalue weighted by Gasteiger charge is 2.31. The molecule has 0 amide bonds. The second kappa shape index (κ2) is 8.57. The van der Waals surface area contributed by atoms with Crippen molar-refractivity contribution in [2.45, 2.75) is 18.8 Å². The summed E-state index contributed by atoms with van der Waals surface area (Å²) in [4.78, 5) is 15.1. The van der Waals surface area contributed by atoms with Crippen LogP contribution in [-0.4, -0.2) is 33.7 Å². The summed E-state index contributed by atoms with van der Waals surface area (Å²) in [7, 11) is 3.39. The van der Waals surface area contributed by atoms with E-state index in [1.807, 2.05) is 25.2 Å². The molecule has 1 aliphatic carbocycles. The second-order valence-corrected chi connectivity index (χ2v) is 8.44. The second-order valence-electron chi connectivity index (χ2n) is 8.05. The maximum absolute atomic E-state index is 14.5. The summed E-state index contributed by atoms with van der Waals surface area (Å²) >= 11 is 5.95. The Hall–Kier alpha value is -3.72. The Labute approximate surface area is 199 Å². The average molecular weight is 483 g/mol. The van der Waals surface area contributed by atoms with Crippen molar-refractivity contribution in [2.24, 2.45) is 0 Å².